The van der Waals surface area contributed by atoms with Gasteiger partial charge in [-0.25, -0.2) is 0 Å². The van der Waals surface area contributed by atoms with E-state index in [0.29, 0.717) is 30.7 Å². The summed E-state index contributed by atoms with van der Waals surface area (Å²) in [5.74, 6) is 2.72. The van der Waals surface area contributed by atoms with E-state index in [9.17, 15) is 4.79 Å². The van der Waals surface area contributed by atoms with Crippen LogP contribution in [-0.2, 0) is 11.2 Å². The van der Waals surface area contributed by atoms with Crippen LogP contribution in [0.1, 0.15) is 40.4 Å². The average Bonchev–Trinajstić information content (AvgIpc) is 3.25. The molecule has 3 aliphatic rings. The number of aromatic nitrogens is 2. The molecule has 0 bridgehead atoms. The van der Waals surface area contributed by atoms with Crippen LogP contribution in [0.15, 0.2) is 36.4 Å². The number of hydrogen-bond acceptors (Lipinski definition) is 5. The molecule has 1 aliphatic heterocycles. The van der Waals surface area contributed by atoms with Crippen LogP contribution >= 0.6 is 0 Å². The Hall–Kier alpha value is -2.47. The molecule has 6 nitrogen and oxygen atoms in total. The standard InChI is InChI=1S/C21H24N4O2/c26-21(23-14-7-9-27-10-8-14)18-5-6-19(25-24-18)22-12-17-16-11-13-3-1-2-4-15(13)20(16)17/h1-6,14,16-17,20H,7-12H2,(H,22,25)(H,23,26). The summed E-state index contributed by atoms with van der Waals surface area (Å²) >= 11 is 0. The zero-order valence-electron chi connectivity index (χ0n) is 15.2. The van der Waals surface area contributed by atoms with Crippen LogP contribution in [0, 0.1) is 11.8 Å². The molecule has 2 aliphatic carbocycles. The summed E-state index contributed by atoms with van der Waals surface area (Å²) in [5.41, 5.74) is 3.41. The summed E-state index contributed by atoms with van der Waals surface area (Å²) in [6.45, 7) is 2.31. The van der Waals surface area contributed by atoms with E-state index in [1.807, 2.05) is 6.07 Å². The molecule has 1 saturated heterocycles. The molecule has 5 rings (SSSR count). The minimum atomic E-state index is -0.158. The Kier molecular flexibility index (Phi) is 4.28. The summed E-state index contributed by atoms with van der Waals surface area (Å²) < 4.78 is 5.31. The Morgan fingerprint density at radius 3 is 2.78 bits per heavy atom. The Balaban J connectivity index is 1.14. The SMILES string of the molecule is O=C(NC1CCOCC1)c1ccc(NCC2C3Cc4ccccc4C23)nn1. The molecule has 27 heavy (non-hydrogen) atoms. The van der Waals surface area contributed by atoms with Crippen molar-refractivity contribution < 1.29 is 9.53 Å². The molecule has 140 valence electrons. The van der Waals surface area contributed by atoms with Gasteiger partial charge in [-0.1, -0.05) is 24.3 Å². The third kappa shape index (κ3) is 3.30. The van der Waals surface area contributed by atoms with Crippen molar-refractivity contribution >= 4 is 11.7 Å². The fraction of sp³-hybridized carbons (Fsp3) is 0.476. The number of carbonyl (C=O) groups excluding carboxylic acids is 1. The van der Waals surface area contributed by atoms with Crippen molar-refractivity contribution in [1.82, 2.24) is 15.5 Å². The predicted octanol–water partition coefficient (Wildman–Crippen LogP) is 2.38. The Labute approximate surface area is 158 Å². The van der Waals surface area contributed by atoms with E-state index < -0.39 is 0 Å². The minimum absolute atomic E-state index is 0.158. The lowest BCUT2D eigenvalue weighted by molar-refractivity contribution is 0.0693. The highest BCUT2D eigenvalue weighted by Crippen LogP contribution is 2.61. The number of anilines is 1. The highest BCUT2D eigenvalue weighted by Gasteiger charge is 2.54. The summed E-state index contributed by atoms with van der Waals surface area (Å²) in [6.07, 6.45) is 2.90. The maximum atomic E-state index is 12.3. The van der Waals surface area contributed by atoms with Gasteiger partial charge in [0.05, 0.1) is 0 Å². The van der Waals surface area contributed by atoms with E-state index in [1.54, 1.807) is 6.07 Å². The molecule has 2 aromatic rings. The highest BCUT2D eigenvalue weighted by molar-refractivity contribution is 5.92. The van der Waals surface area contributed by atoms with Gasteiger partial charge in [0.1, 0.15) is 5.82 Å². The largest absolute Gasteiger partial charge is 0.381 e. The van der Waals surface area contributed by atoms with Gasteiger partial charge < -0.3 is 15.4 Å². The fourth-order valence-electron chi connectivity index (χ4n) is 4.63. The number of nitrogens with one attached hydrogen (secondary N) is 2. The third-order valence-corrected chi connectivity index (χ3v) is 6.17. The van der Waals surface area contributed by atoms with E-state index in [0.717, 1.165) is 31.1 Å². The van der Waals surface area contributed by atoms with Crippen molar-refractivity contribution in [2.75, 3.05) is 25.1 Å². The molecule has 2 N–H and O–H groups in total. The van der Waals surface area contributed by atoms with E-state index in [4.69, 9.17) is 4.74 Å². The zero-order valence-corrected chi connectivity index (χ0v) is 15.2. The maximum absolute atomic E-state index is 12.3. The second-order valence-corrected chi connectivity index (χ2v) is 7.80. The Morgan fingerprint density at radius 2 is 1.96 bits per heavy atom. The predicted molar refractivity (Wildman–Crippen MR) is 102 cm³/mol. The zero-order chi connectivity index (χ0) is 18.2. The van der Waals surface area contributed by atoms with Crippen molar-refractivity contribution in [2.45, 2.75) is 31.2 Å². The van der Waals surface area contributed by atoms with Crippen LogP contribution in [0.2, 0.25) is 0 Å². The average molecular weight is 364 g/mol. The fourth-order valence-corrected chi connectivity index (χ4v) is 4.63. The van der Waals surface area contributed by atoms with Crippen molar-refractivity contribution in [3.8, 4) is 0 Å². The summed E-state index contributed by atoms with van der Waals surface area (Å²) in [4.78, 5) is 12.3. The number of hydrogen-bond donors (Lipinski definition) is 2. The second kappa shape index (κ2) is 6.93. The van der Waals surface area contributed by atoms with Crippen molar-refractivity contribution in [1.29, 1.82) is 0 Å². The first-order valence-corrected chi connectivity index (χ1v) is 9.83. The molecule has 1 aromatic carbocycles. The second-order valence-electron chi connectivity index (χ2n) is 7.80. The van der Waals surface area contributed by atoms with Gasteiger partial charge in [-0.05, 0) is 60.3 Å². The van der Waals surface area contributed by atoms with Gasteiger partial charge in [-0.3, -0.25) is 4.79 Å². The molecule has 6 heteroatoms. The van der Waals surface area contributed by atoms with Gasteiger partial charge in [0, 0.05) is 25.8 Å². The quantitative estimate of drug-likeness (QED) is 0.852. The van der Waals surface area contributed by atoms with Gasteiger partial charge in [-0.2, -0.15) is 0 Å². The molecule has 2 fully saturated rings. The van der Waals surface area contributed by atoms with Crippen molar-refractivity contribution in [3.63, 3.8) is 0 Å². The number of ether oxygens (including phenoxy) is 1. The van der Waals surface area contributed by atoms with Gasteiger partial charge in [0.2, 0.25) is 0 Å². The number of benzene rings is 1. The van der Waals surface area contributed by atoms with E-state index >= 15 is 0 Å². The van der Waals surface area contributed by atoms with Crippen molar-refractivity contribution in [3.05, 3.63) is 53.2 Å². The monoisotopic (exact) mass is 364 g/mol. The lowest BCUT2D eigenvalue weighted by atomic mass is 10.0. The molecule has 0 spiro atoms. The number of fused-ring (bicyclic) bond motifs is 3. The maximum Gasteiger partial charge on any atom is 0.272 e. The van der Waals surface area contributed by atoms with Crippen LogP contribution < -0.4 is 10.6 Å². The first kappa shape index (κ1) is 16.7. The summed E-state index contributed by atoms with van der Waals surface area (Å²) in [5, 5.41) is 14.7. The molecule has 3 atom stereocenters. The minimum Gasteiger partial charge on any atom is -0.381 e. The molecule has 1 aromatic heterocycles. The van der Waals surface area contributed by atoms with Crippen LogP contribution in [-0.4, -0.2) is 41.9 Å². The highest BCUT2D eigenvalue weighted by atomic mass is 16.5. The molecule has 0 radical (unpaired) electrons. The summed E-state index contributed by atoms with van der Waals surface area (Å²) in [6, 6.07) is 12.5. The van der Waals surface area contributed by atoms with Gasteiger partial charge in [0.25, 0.3) is 5.91 Å². The summed E-state index contributed by atoms with van der Waals surface area (Å²) in [7, 11) is 0. The first-order chi connectivity index (χ1) is 13.3. The molecule has 1 amide bonds. The number of amides is 1. The van der Waals surface area contributed by atoms with Gasteiger partial charge in [0.15, 0.2) is 5.69 Å². The van der Waals surface area contributed by atoms with Crippen LogP contribution in [0.5, 0.6) is 0 Å². The number of carbonyl (C=O) groups is 1. The number of nitrogens with zero attached hydrogens (tertiary/aromatic N) is 2. The van der Waals surface area contributed by atoms with Crippen LogP contribution in [0.4, 0.5) is 5.82 Å². The topological polar surface area (TPSA) is 76.1 Å². The van der Waals surface area contributed by atoms with Crippen LogP contribution in [0.3, 0.4) is 0 Å². The first-order valence-electron chi connectivity index (χ1n) is 9.83. The molecular weight excluding hydrogens is 340 g/mol. The number of rotatable bonds is 5. The Bertz CT molecular complexity index is 832. The smallest absolute Gasteiger partial charge is 0.272 e. The van der Waals surface area contributed by atoms with Gasteiger partial charge in [-0.15, -0.1) is 10.2 Å². The van der Waals surface area contributed by atoms with Gasteiger partial charge >= 0.3 is 0 Å². The van der Waals surface area contributed by atoms with E-state index in [1.165, 1.54) is 17.5 Å². The molecule has 2 heterocycles. The van der Waals surface area contributed by atoms with E-state index in [-0.39, 0.29) is 11.9 Å². The third-order valence-electron chi connectivity index (χ3n) is 6.17. The molecular formula is C21H24N4O2. The van der Waals surface area contributed by atoms with E-state index in [2.05, 4.69) is 45.1 Å². The normalized spacial score (nSPS) is 26.1. The van der Waals surface area contributed by atoms with Crippen molar-refractivity contribution in [2.24, 2.45) is 11.8 Å². The van der Waals surface area contributed by atoms with Crippen LogP contribution in [0.25, 0.3) is 0 Å². The molecule has 3 unspecified atom stereocenters. The Morgan fingerprint density at radius 1 is 1.11 bits per heavy atom. The molecule has 1 saturated carbocycles. The lowest BCUT2D eigenvalue weighted by Gasteiger charge is -2.22. The lowest BCUT2D eigenvalue weighted by Crippen LogP contribution is -2.39.